The first kappa shape index (κ1) is 22.5. The van der Waals surface area contributed by atoms with E-state index in [4.69, 9.17) is 20.9 Å². The van der Waals surface area contributed by atoms with E-state index in [-0.39, 0.29) is 17.0 Å². The number of carbonyl (C=O) groups is 2. The third-order valence-electron chi connectivity index (χ3n) is 5.50. The van der Waals surface area contributed by atoms with Crippen molar-refractivity contribution in [1.82, 2.24) is 24.8 Å². The molecule has 1 amide bonds. The number of aliphatic carboxylic acids is 1. The number of ether oxygens (including phenoxy) is 2. The number of aliphatic hydroxyl groups is 1. The maximum absolute atomic E-state index is 12.9. The third-order valence-corrected chi connectivity index (χ3v) is 5.50. The molecule has 13 nitrogen and oxygen atoms in total. The smallest absolute Gasteiger partial charge is 0.335 e. The number of carboxylic acids is 1. The summed E-state index contributed by atoms with van der Waals surface area (Å²) >= 11 is 0. The molecule has 6 atom stereocenters. The number of fused-ring (bicyclic) bond motifs is 1. The summed E-state index contributed by atoms with van der Waals surface area (Å²) in [7, 11) is 1.41. The Bertz CT molecular complexity index is 1160. The van der Waals surface area contributed by atoms with E-state index in [1.165, 1.54) is 24.3 Å². The molecule has 0 aliphatic carbocycles. The fourth-order valence-corrected chi connectivity index (χ4v) is 3.86. The van der Waals surface area contributed by atoms with Crippen molar-refractivity contribution in [3.05, 3.63) is 48.5 Å². The lowest BCUT2D eigenvalue weighted by molar-refractivity contribution is -0.152. The zero-order valence-corrected chi connectivity index (χ0v) is 17.5. The van der Waals surface area contributed by atoms with Crippen molar-refractivity contribution in [2.24, 2.45) is 5.73 Å². The first-order valence-corrected chi connectivity index (χ1v) is 9.96. The number of amides is 1. The SMILES string of the molecule is COC(c1ccccc1)C(N)C(=O)NC1C(C(=O)O)OC(n2cnc3c(N)ncnc32)C1O. The van der Waals surface area contributed by atoms with E-state index >= 15 is 0 Å². The highest BCUT2D eigenvalue weighted by atomic mass is 16.6. The standard InChI is InChI=1S/C20H23N7O6/c1-32-14(9-5-3-2-4-6-9)10(21)18(29)26-11-13(28)19(33-15(11)20(30)31)27-8-25-12-16(22)23-7-24-17(12)27/h2-8,10-11,13-15,19,28H,21H2,1H3,(H,26,29)(H,30,31)(H2,22,23,24). The van der Waals surface area contributed by atoms with Gasteiger partial charge in [-0.1, -0.05) is 30.3 Å². The van der Waals surface area contributed by atoms with Crippen LogP contribution in [-0.2, 0) is 19.1 Å². The van der Waals surface area contributed by atoms with E-state index in [0.717, 1.165) is 0 Å². The molecular weight excluding hydrogens is 434 g/mol. The number of benzene rings is 1. The molecule has 174 valence electrons. The van der Waals surface area contributed by atoms with Crippen LogP contribution in [-0.4, -0.2) is 73.0 Å². The monoisotopic (exact) mass is 457 g/mol. The molecule has 1 aromatic carbocycles. The first-order chi connectivity index (χ1) is 15.8. The second-order valence-electron chi connectivity index (χ2n) is 7.49. The molecule has 1 fully saturated rings. The predicted molar refractivity (Wildman–Crippen MR) is 113 cm³/mol. The van der Waals surface area contributed by atoms with Gasteiger partial charge in [0.2, 0.25) is 5.91 Å². The van der Waals surface area contributed by atoms with Gasteiger partial charge in [-0.15, -0.1) is 0 Å². The van der Waals surface area contributed by atoms with Crippen LogP contribution in [0.4, 0.5) is 5.82 Å². The highest BCUT2D eigenvalue weighted by Crippen LogP contribution is 2.32. The Kier molecular flexibility index (Phi) is 6.20. The van der Waals surface area contributed by atoms with Gasteiger partial charge < -0.3 is 36.5 Å². The number of imidazole rings is 1. The number of methoxy groups -OCH3 is 1. The van der Waals surface area contributed by atoms with E-state index in [1.807, 2.05) is 6.07 Å². The van der Waals surface area contributed by atoms with Gasteiger partial charge in [-0.3, -0.25) is 9.36 Å². The summed E-state index contributed by atoms with van der Waals surface area (Å²) in [6.07, 6.45) is -2.52. The summed E-state index contributed by atoms with van der Waals surface area (Å²) in [6.45, 7) is 0. The molecule has 3 aromatic rings. The van der Waals surface area contributed by atoms with Gasteiger partial charge in [0.05, 0.1) is 12.4 Å². The average molecular weight is 457 g/mol. The van der Waals surface area contributed by atoms with Crippen LogP contribution < -0.4 is 16.8 Å². The van der Waals surface area contributed by atoms with Crippen molar-refractivity contribution in [1.29, 1.82) is 0 Å². The van der Waals surface area contributed by atoms with E-state index in [2.05, 4.69) is 20.3 Å². The lowest BCUT2D eigenvalue weighted by atomic mass is 10.0. The molecule has 3 heterocycles. The Morgan fingerprint density at radius 2 is 1.97 bits per heavy atom. The van der Waals surface area contributed by atoms with Crippen molar-refractivity contribution in [2.75, 3.05) is 12.8 Å². The van der Waals surface area contributed by atoms with E-state index in [9.17, 15) is 19.8 Å². The minimum atomic E-state index is -1.56. The normalized spacial score (nSPS) is 24.5. The zero-order chi connectivity index (χ0) is 23.7. The summed E-state index contributed by atoms with van der Waals surface area (Å²) in [5, 5.41) is 23.1. The summed E-state index contributed by atoms with van der Waals surface area (Å²) < 4.78 is 12.3. The Labute approximate surface area is 187 Å². The van der Waals surface area contributed by atoms with Gasteiger partial charge in [-0.25, -0.2) is 19.7 Å². The molecule has 1 saturated heterocycles. The summed E-state index contributed by atoms with van der Waals surface area (Å²) in [6, 6.07) is 6.37. The molecule has 0 spiro atoms. The van der Waals surface area contributed by atoms with Gasteiger partial charge in [0.15, 0.2) is 23.8 Å². The second-order valence-corrected chi connectivity index (χ2v) is 7.49. The van der Waals surface area contributed by atoms with Gasteiger partial charge in [0.1, 0.15) is 30.1 Å². The largest absolute Gasteiger partial charge is 0.479 e. The number of nitrogen functional groups attached to an aromatic ring is 1. The van der Waals surface area contributed by atoms with Crippen LogP contribution in [0.2, 0.25) is 0 Å². The number of nitrogens with one attached hydrogen (secondary N) is 1. The fraction of sp³-hybridized carbons (Fsp3) is 0.350. The Balaban J connectivity index is 1.58. The average Bonchev–Trinajstić information content (AvgIpc) is 3.37. The number of hydrogen-bond donors (Lipinski definition) is 5. The van der Waals surface area contributed by atoms with Crippen molar-refractivity contribution in [2.45, 2.75) is 36.6 Å². The van der Waals surface area contributed by atoms with Gasteiger partial charge >= 0.3 is 5.97 Å². The molecule has 2 aromatic heterocycles. The molecule has 0 saturated carbocycles. The summed E-state index contributed by atoms with van der Waals surface area (Å²) in [5.74, 6) is -1.98. The first-order valence-electron chi connectivity index (χ1n) is 9.96. The molecule has 6 unspecified atom stereocenters. The number of anilines is 1. The number of aliphatic hydroxyl groups excluding tert-OH is 1. The quantitative estimate of drug-likeness (QED) is 0.290. The topological polar surface area (TPSA) is 201 Å². The Morgan fingerprint density at radius 3 is 2.64 bits per heavy atom. The molecule has 1 aliphatic heterocycles. The highest BCUT2D eigenvalue weighted by molar-refractivity contribution is 5.84. The van der Waals surface area contributed by atoms with Crippen LogP contribution in [0.5, 0.6) is 0 Å². The van der Waals surface area contributed by atoms with E-state index in [1.54, 1.807) is 24.3 Å². The van der Waals surface area contributed by atoms with Crippen LogP contribution in [0.15, 0.2) is 43.0 Å². The Morgan fingerprint density at radius 1 is 1.24 bits per heavy atom. The third kappa shape index (κ3) is 4.09. The molecule has 0 radical (unpaired) electrons. The molecule has 7 N–H and O–H groups in total. The van der Waals surface area contributed by atoms with Gasteiger partial charge in [0, 0.05) is 7.11 Å². The molecular formula is C20H23N7O6. The molecule has 4 rings (SSSR count). The minimum Gasteiger partial charge on any atom is -0.479 e. The van der Waals surface area contributed by atoms with Crippen LogP contribution in [0, 0.1) is 0 Å². The maximum atomic E-state index is 12.9. The number of aromatic nitrogens is 4. The van der Waals surface area contributed by atoms with Crippen LogP contribution in [0.3, 0.4) is 0 Å². The molecule has 33 heavy (non-hydrogen) atoms. The Hall–Kier alpha value is -3.65. The number of nitrogens with two attached hydrogens (primary N) is 2. The van der Waals surface area contributed by atoms with Crippen LogP contribution in [0.25, 0.3) is 11.2 Å². The lowest BCUT2D eigenvalue weighted by Gasteiger charge is -2.26. The van der Waals surface area contributed by atoms with Crippen molar-refractivity contribution in [3.8, 4) is 0 Å². The number of hydrogen-bond acceptors (Lipinski definition) is 10. The predicted octanol–water partition coefficient (Wildman–Crippen LogP) is -1.05. The van der Waals surface area contributed by atoms with Crippen LogP contribution >= 0.6 is 0 Å². The molecule has 1 aliphatic rings. The van der Waals surface area contributed by atoms with Crippen molar-refractivity contribution >= 4 is 28.9 Å². The molecule has 0 bridgehead atoms. The molecule has 13 heteroatoms. The van der Waals surface area contributed by atoms with Gasteiger partial charge in [-0.2, -0.15) is 0 Å². The van der Waals surface area contributed by atoms with Crippen molar-refractivity contribution < 1.29 is 29.3 Å². The summed E-state index contributed by atoms with van der Waals surface area (Å²) in [5.41, 5.74) is 13.1. The van der Waals surface area contributed by atoms with E-state index in [0.29, 0.717) is 5.56 Å². The van der Waals surface area contributed by atoms with E-state index < -0.39 is 48.5 Å². The number of carbonyl (C=O) groups excluding carboxylic acids is 1. The fourth-order valence-electron chi connectivity index (χ4n) is 3.86. The number of rotatable bonds is 7. The number of nitrogens with zero attached hydrogens (tertiary/aromatic N) is 4. The minimum absolute atomic E-state index is 0.114. The highest BCUT2D eigenvalue weighted by Gasteiger charge is 2.50. The lowest BCUT2D eigenvalue weighted by Crippen LogP contribution is -2.55. The second kappa shape index (κ2) is 9.07. The van der Waals surface area contributed by atoms with Gasteiger partial charge in [0.25, 0.3) is 0 Å². The van der Waals surface area contributed by atoms with Crippen LogP contribution in [0.1, 0.15) is 17.9 Å². The maximum Gasteiger partial charge on any atom is 0.335 e. The van der Waals surface area contributed by atoms with Crippen molar-refractivity contribution in [3.63, 3.8) is 0 Å². The zero-order valence-electron chi connectivity index (χ0n) is 17.5. The van der Waals surface area contributed by atoms with Gasteiger partial charge in [-0.05, 0) is 5.56 Å². The number of carboxylic acid groups (broad SMARTS) is 1. The summed E-state index contributed by atoms with van der Waals surface area (Å²) in [4.78, 5) is 36.8.